The summed E-state index contributed by atoms with van der Waals surface area (Å²) in [6, 6.07) is 15.4. The molecule has 0 fully saturated rings. The van der Waals surface area contributed by atoms with Crippen LogP contribution in [0.4, 0.5) is 10.5 Å². The highest BCUT2D eigenvalue weighted by atomic mass is 16.6. The molecule has 0 saturated carbocycles. The van der Waals surface area contributed by atoms with Gasteiger partial charge in [-0.3, -0.25) is 4.90 Å². The third kappa shape index (κ3) is 2.52. The van der Waals surface area contributed by atoms with E-state index in [4.69, 9.17) is 4.74 Å². The van der Waals surface area contributed by atoms with E-state index in [2.05, 4.69) is 13.0 Å². The summed E-state index contributed by atoms with van der Waals surface area (Å²) in [5, 5.41) is 0. The summed E-state index contributed by atoms with van der Waals surface area (Å²) in [6.45, 7) is 2.78. The second-order valence-corrected chi connectivity index (χ2v) is 5.07. The largest absolute Gasteiger partial charge is 0.419 e. The van der Waals surface area contributed by atoms with Crippen molar-refractivity contribution in [2.24, 2.45) is 0 Å². The number of fused-ring (bicyclic) bond motifs is 1. The fraction of sp³-hybridized carbons (Fsp3) is 0.235. The van der Waals surface area contributed by atoms with E-state index in [1.165, 1.54) is 11.1 Å². The maximum atomic E-state index is 12.3. The lowest BCUT2D eigenvalue weighted by Gasteiger charge is -2.28. The summed E-state index contributed by atoms with van der Waals surface area (Å²) in [4.78, 5) is 14.0. The average Bonchev–Trinajstić information content (AvgIpc) is 2.47. The minimum absolute atomic E-state index is 0.305. The van der Waals surface area contributed by atoms with Gasteiger partial charge in [-0.25, -0.2) is 4.79 Å². The molecule has 1 aliphatic heterocycles. The molecular weight excluding hydrogens is 250 g/mol. The molecule has 0 saturated heterocycles. The van der Waals surface area contributed by atoms with Crippen molar-refractivity contribution in [2.45, 2.75) is 19.8 Å². The van der Waals surface area contributed by atoms with Crippen LogP contribution in [0.1, 0.15) is 17.5 Å². The summed E-state index contributed by atoms with van der Waals surface area (Å²) < 4.78 is 5.43. The summed E-state index contributed by atoms with van der Waals surface area (Å²) >= 11 is 0. The molecule has 0 bridgehead atoms. The van der Waals surface area contributed by atoms with Crippen LogP contribution in [0.15, 0.2) is 48.5 Å². The molecule has 0 radical (unpaired) electrons. The summed E-state index contributed by atoms with van der Waals surface area (Å²) in [5.41, 5.74) is 3.42. The van der Waals surface area contributed by atoms with Crippen LogP contribution in [-0.4, -0.2) is 12.6 Å². The molecule has 20 heavy (non-hydrogen) atoms. The predicted molar refractivity (Wildman–Crippen MR) is 79.3 cm³/mol. The number of rotatable bonds is 1. The number of amides is 1. The Bertz CT molecular complexity index is 622. The molecule has 3 rings (SSSR count). The highest BCUT2D eigenvalue weighted by Crippen LogP contribution is 2.28. The lowest BCUT2D eigenvalue weighted by Crippen LogP contribution is -2.37. The first-order chi connectivity index (χ1) is 9.74. The Morgan fingerprint density at radius 2 is 1.95 bits per heavy atom. The third-order valence-corrected chi connectivity index (χ3v) is 3.52. The Labute approximate surface area is 118 Å². The number of para-hydroxylation sites is 1. The van der Waals surface area contributed by atoms with Crippen molar-refractivity contribution in [3.63, 3.8) is 0 Å². The van der Waals surface area contributed by atoms with Crippen LogP contribution in [-0.2, 0) is 6.42 Å². The van der Waals surface area contributed by atoms with Gasteiger partial charge in [-0.05, 0) is 43.5 Å². The van der Waals surface area contributed by atoms with E-state index in [9.17, 15) is 4.79 Å². The van der Waals surface area contributed by atoms with Crippen molar-refractivity contribution >= 4 is 11.8 Å². The summed E-state index contributed by atoms with van der Waals surface area (Å²) in [5.74, 6) is 0.580. The highest BCUT2D eigenvalue weighted by Gasteiger charge is 2.23. The van der Waals surface area contributed by atoms with Crippen LogP contribution in [0.25, 0.3) is 0 Å². The Morgan fingerprint density at radius 3 is 2.75 bits per heavy atom. The number of aryl methyl sites for hydroxylation is 2. The van der Waals surface area contributed by atoms with Gasteiger partial charge in [-0.1, -0.05) is 35.9 Å². The first-order valence-electron chi connectivity index (χ1n) is 6.88. The van der Waals surface area contributed by atoms with Gasteiger partial charge in [-0.15, -0.1) is 0 Å². The van der Waals surface area contributed by atoms with Crippen molar-refractivity contribution < 1.29 is 9.53 Å². The Kier molecular flexibility index (Phi) is 3.42. The molecule has 3 nitrogen and oxygen atoms in total. The monoisotopic (exact) mass is 267 g/mol. The second kappa shape index (κ2) is 5.37. The predicted octanol–water partition coefficient (Wildman–Crippen LogP) is 3.95. The smallest absolute Gasteiger partial charge is 0.410 e. The van der Waals surface area contributed by atoms with Crippen LogP contribution in [0.2, 0.25) is 0 Å². The molecule has 0 aliphatic carbocycles. The molecule has 2 aromatic carbocycles. The number of nitrogens with zero attached hydrogens (tertiary/aromatic N) is 1. The Balaban J connectivity index is 1.83. The van der Waals surface area contributed by atoms with Gasteiger partial charge in [0.25, 0.3) is 0 Å². The first kappa shape index (κ1) is 12.7. The van der Waals surface area contributed by atoms with Gasteiger partial charge in [0.05, 0.1) is 5.69 Å². The van der Waals surface area contributed by atoms with Gasteiger partial charge >= 0.3 is 6.09 Å². The van der Waals surface area contributed by atoms with Gasteiger partial charge in [0.2, 0.25) is 0 Å². The lowest BCUT2D eigenvalue weighted by molar-refractivity contribution is 0.207. The molecule has 0 atom stereocenters. The van der Waals surface area contributed by atoms with Crippen molar-refractivity contribution in [3.05, 3.63) is 59.7 Å². The zero-order chi connectivity index (χ0) is 13.9. The van der Waals surface area contributed by atoms with Crippen LogP contribution in [0.5, 0.6) is 5.75 Å². The van der Waals surface area contributed by atoms with Crippen molar-refractivity contribution in [3.8, 4) is 5.75 Å². The number of anilines is 1. The van der Waals surface area contributed by atoms with Crippen molar-refractivity contribution in [2.75, 3.05) is 11.4 Å². The Morgan fingerprint density at radius 1 is 1.15 bits per heavy atom. The Hall–Kier alpha value is -2.29. The van der Waals surface area contributed by atoms with Crippen LogP contribution >= 0.6 is 0 Å². The molecular formula is C17H17NO2. The molecule has 0 spiro atoms. The van der Waals surface area contributed by atoms with Crippen LogP contribution in [0.3, 0.4) is 0 Å². The molecule has 0 aromatic heterocycles. The molecule has 0 N–H and O–H groups in total. The van der Waals surface area contributed by atoms with E-state index in [1.807, 2.05) is 30.3 Å². The fourth-order valence-corrected chi connectivity index (χ4v) is 2.56. The fourth-order valence-electron chi connectivity index (χ4n) is 2.56. The maximum Gasteiger partial charge on any atom is 0.419 e. The third-order valence-electron chi connectivity index (χ3n) is 3.52. The minimum Gasteiger partial charge on any atom is -0.410 e. The molecule has 0 unspecified atom stereocenters. The zero-order valence-corrected chi connectivity index (χ0v) is 11.5. The molecule has 102 valence electrons. The van der Waals surface area contributed by atoms with Gasteiger partial charge in [0.1, 0.15) is 5.75 Å². The van der Waals surface area contributed by atoms with E-state index in [0.717, 1.165) is 18.5 Å². The number of carbonyl (C=O) groups excluding carboxylic acids is 1. The number of hydrogen-bond acceptors (Lipinski definition) is 2. The summed E-state index contributed by atoms with van der Waals surface area (Å²) in [6.07, 6.45) is 1.69. The number of ether oxygens (including phenoxy) is 1. The zero-order valence-electron chi connectivity index (χ0n) is 11.5. The number of hydrogen-bond donors (Lipinski definition) is 0. The van der Waals surface area contributed by atoms with E-state index >= 15 is 0 Å². The highest BCUT2D eigenvalue weighted by molar-refractivity contribution is 5.90. The summed E-state index contributed by atoms with van der Waals surface area (Å²) in [7, 11) is 0. The quantitative estimate of drug-likeness (QED) is 0.783. The molecule has 1 amide bonds. The molecule has 1 aliphatic rings. The first-order valence-corrected chi connectivity index (χ1v) is 6.88. The van der Waals surface area contributed by atoms with E-state index in [1.54, 1.807) is 17.0 Å². The number of benzene rings is 2. The van der Waals surface area contributed by atoms with Crippen molar-refractivity contribution in [1.29, 1.82) is 0 Å². The molecule has 3 heteroatoms. The van der Waals surface area contributed by atoms with Gasteiger partial charge in [0, 0.05) is 6.54 Å². The van der Waals surface area contributed by atoms with E-state index < -0.39 is 0 Å². The molecule has 1 heterocycles. The minimum atomic E-state index is -0.305. The standard InChI is InChI=1S/C17H17NO2/c1-13-9-10-16-14(12-13)6-5-11-18(16)17(19)20-15-7-3-2-4-8-15/h2-4,7-10,12H,5-6,11H2,1H3. The lowest BCUT2D eigenvalue weighted by atomic mass is 10.00. The maximum absolute atomic E-state index is 12.3. The van der Waals surface area contributed by atoms with E-state index in [-0.39, 0.29) is 6.09 Å². The van der Waals surface area contributed by atoms with Crippen molar-refractivity contribution in [1.82, 2.24) is 0 Å². The second-order valence-electron chi connectivity index (χ2n) is 5.07. The van der Waals surface area contributed by atoms with Gasteiger partial charge < -0.3 is 4.74 Å². The number of carbonyl (C=O) groups is 1. The average molecular weight is 267 g/mol. The van der Waals surface area contributed by atoms with Crippen LogP contribution in [0, 0.1) is 6.92 Å². The van der Waals surface area contributed by atoms with Gasteiger partial charge in [-0.2, -0.15) is 0 Å². The van der Waals surface area contributed by atoms with E-state index in [0.29, 0.717) is 12.3 Å². The van der Waals surface area contributed by atoms with Gasteiger partial charge in [0.15, 0.2) is 0 Å². The molecule has 2 aromatic rings. The van der Waals surface area contributed by atoms with Crippen LogP contribution < -0.4 is 9.64 Å². The normalized spacial score (nSPS) is 13.8. The SMILES string of the molecule is Cc1ccc2c(c1)CCCN2C(=O)Oc1ccccc1. The topological polar surface area (TPSA) is 29.5 Å².